The highest BCUT2D eigenvalue weighted by atomic mass is 32.2. The first-order valence-electron chi connectivity index (χ1n) is 10.1. The van der Waals surface area contributed by atoms with E-state index in [1.807, 2.05) is 36.4 Å². The van der Waals surface area contributed by atoms with E-state index in [0.29, 0.717) is 35.2 Å². The minimum absolute atomic E-state index is 0.211. The van der Waals surface area contributed by atoms with E-state index < -0.39 is 10.0 Å². The van der Waals surface area contributed by atoms with Gasteiger partial charge in [0.2, 0.25) is 0 Å². The van der Waals surface area contributed by atoms with Crippen LogP contribution in [0.25, 0.3) is 11.1 Å². The van der Waals surface area contributed by atoms with Crippen molar-refractivity contribution in [2.75, 3.05) is 4.72 Å². The lowest BCUT2D eigenvalue weighted by atomic mass is 9.95. The van der Waals surface area contributed by atoms with Gasteiger partial charge in [0.25, 0.3) is 10.0 Å². The molecule has 1 aliphatic rings. The standard InChI is InChI=1S/C23H26N2O4S/c1-15-8-6-13-21(20-12-5-4-9-18(20)14-28-19-10-7-11-19)22(15)30(26,27)25-23-16(2)17(3)29-24-23/h4-6,8-9,12-13,19H,7,10-11,14H2,1-3H3,(H,24,25). The number of hydrogen-bond donors (Lipinski definition) is 1. The molecule has 2 aromatic carbocycles. The Morgan fingerprint density at radius 3 is 2.47 bits per heavy atom. The lowest BCUT2D eigenvalue weighted by molar-refractivity contribution is -0.00847. The Kier molecular flexibility index (Phi) is 5.66. The van der Waals surface area contributed by atoms with Crippen LogP contribution < -0.4 is 4.72 Å². The molecule has 0 spiro atoms. The SMILES string of the molecule is Cc1cccc(-c2ccccc2COC2CCC2)c1S(=O)(=O)Nc1noc(C)c1C. The summed E-state index contributed by atoms with van der Waals surface area (Å²) in [6.07, 6.45) is 3.69. The van der Waals surface area contributed by atoms with Crippen molar-refractivity contribution in [3.05, 3.63) is 64.9 Å². The molecule has 1 fully saturated rings. The molecule has 1 aliphatic carbocycles. The molecule has 158 valence electrons. The smallest absolute Gasteiger partial charge is 0.264 e. The van der Waals surface area contributed by atoms with Gasteiger partial charge in [-0.1, -0.05) is 47.6 Å². The molecule has 0 amide bonds. The summed E-state index contributed by atoms with van der Waals surface area (Å²) in [5, 5.41) is 3.86. The summed E-state index contributed by atoms with van der Waals surface area (Å²) >= 11 is 0. The zero-order chi connectivity index (χ0) is 21.3. The number of nitrogens with one attached hydrogen (secondary N) is 1. The van der Waals surface area contributed by atoms with E-state index in [2.05, 4.69) is 9.88 Å². The Morgan fingerprint density at radius 2 is 1.80 bits per heavy atom. The van der Waals surface area contributed by atoms with E-state index in [0.717, 1.165) is 24.0 Å². The highest BCUT2D eigenvalue weighted by Crippen LogP contribution is 2.35. The average molecular weight is 427 g/mol. The minimum Gasteiger partial charge on any atom is -0.374 e. The maximum absolute atomic E-state index is 13.4. The van der Waals surface area contributed by atoms with Crippen LogP contribution in [0.2, 0.25) is 0 Å². The molecule has 1 N–H and O–H groups in total. The summed E-state index contributed by atoms with van der Waals surface area (Å²) in [6, 6.07) is 13.3. The summed E-state index contributed by atoms with van der Waals surface area (Å²) < 4.78 is 40.5. The van der Waals surface area contributed by atoms with E-state index in [1.165, 1.54) is 6.42 Å². The number of hydrogen-bond acceptors (Lipinski definition) is 5. The van der Waals surface area contributed by atoms with Crippen molar-refractivity contribution in [2.45, 2.75) is 57.6 Å². The molecule has 4 rings (SSSR count). The van der Waals surface area contributed by atoms with Crippen molar-refractivity contribution in [3.63, 3.8) is 0 Å². The molecular formula is C23H26N2O4S. The van der Waals surface area contributed by atoms with Crippen molar-refractivity contribution >= 4 is 15.8 Å². The Labute approximate surface area is 177 Å². The van der Waals surface area contributed by atoms with Crippen molar-refractivity contribution < 1.29 is 17.7 Å². The molecule has 0 bridgehead atoms. The van der Waals surface area contributed by atoms with Crippen LogP contribution in [0.4, 0.5) is 5.82 Å². The second-order valence-electron chi connectivity index (χ2n) is 7.79. The van der Waals surface area contributed by atoms with Gasteiger partial charge in [-0.2, -0.15) is 0 Å². The number of anilines is 1. The van der Waals surface area contributed by atoms with Crippen LogP contribution >= 0.6 is 0 Å². The average Bonchev–Trinajstić information content (AvgIpc) is 2.98. The van der Waals surface area contributed by atoms with Gasteiger partial charge in [0, 0.05) is 11.1 Å². The van der Waals surface area contributed by atoms with Crippen LogP contribution in [0, 0.1) is 20.8 Å². The first-order valence-corrected chi connectivity index (χ1v) is 11.6. The lowest BCUT2D eigenvalue weighted by Gasteiger charge is -2.26. The molecule has 0 atom stereocenters. The normalized spacial score (nSPS) is 14.5. The van der Waals surface area contributed by atoms with Crippen molar-refractivity contribution in [2.24, 2.45) is 0 Å². The Hall–Kier alpha value is -2.64. The molecule has 0 radical (unpaired) electrons. The van der Waals surface area contributed by atoms with Gasteiger partial charge in [-0.05, 0) is 56.7 Å². The summed E-state index contributed by atoms with van der Waals surface area (Å²) in [4.78, 5) is 0.237. The van der Waals surface area contributed by atoms with Crippen LogP contribution in [-0.2, 0) is 21.4 Å². The zero-order valence-corrected chi connectivity index (χ0v) is 18.3. The number of ether oxygens (including phenoxy) is 1. The molecule has 1 aromatic heterocycles. The van der Waals surface area contributed by atoms with E-state index in [9.17, 15) is 8.42 Å². The molecule has 0 aliphatic heterocycles. The predicted octanol–water partition coefficient (Wildman–Crippen LogP) is 5.14. The highest BCUT2D eigenvalue weighted by molar-refractivity contribution is 7.93. The Morgan fingerprint density at radius 1 is 1.07 bits per heavy atom. The van der Waals surface area contributed by atoms with Crippen LogP contribution in [0.15, 0.2) is 51.9 Å². The molecule has 0 saturated heterocycles. The second-order valence-corrected chi connectivity index (χ2v) is 9.41. The summed E-state index contributed by atoms with van der Waals surface area (Å²) in [7, 11) is -3.89. The number of sulfonamides is 1. The topological polar surface area (TPSA) is 81.4 Å². The minimum atomic E-state index is -3.89. The Balaban J connectivity index is 1.74. The maximum Gasteiger partial charge on any atom is 0.264 e. The largest absolute Gasteiger partial charge is 0.374 e. The van der Waals surface area contributed by atoms with Gasteiger partial charge in [-0.3, -0.25) is 4.72 Å². The second kappa shape index (κ2) is 8.24. The number of benzene rings is 2. The predicted molar refractivity (Wildman–Crippen MR) is 116 cm³/mol. The van der Waals surface area contributed by atoms with Gasteiger partial charge in [-0.25, -0.2) is 8.42 Å². The third-order valence-electron chi connectivity index (χ3n) is 5.70. The first kappa shape index (κ1) is 20.6. The molecule has 0 unspecified atom stereocenters. The quantitative estimate of drug-likeness (QED) is 0.566. The van der Waals surface area contributed by atoms with E-state index in [-0.39, 0.29) is 10.7 Å². The van der Waals surface area contributed by atoms with Crippen LogP contribution in [0.1, 0.15) is 41.7 Å². The van der Waals surface area contributed by atoms with E-state index in [4.69, 9.17) is 9.26 Å². The number of rotatable bonds is 7. The zero-order valence-electron chi connectivity index (χ0n) is 17.4. The Bertz CT molecular complexity index is 1160. The number of nitrogens with zero attached hydrogens (tertiary/aromatic N) is 1. The first-order chi connectivity index (χ1) is 14.4. The fourth-order valence-corrected chi connectivity index (χ4v) is 5.07. The van der Waals surface area contributed by atoms with E-state index >= 15 is 0 Å². The molecule has 3 aromatic rings. The lowest BCUT2D eigenvalue weighted by Crippen LogP contribution is -2.21. The van der Waals surface area contributed by atoms with Gasteiger partial charge in [-0.15, -0.1) is 0 Å². The molecule has 30 heavy (non-hydrogen) atoms. The monoisotopic (exact) mass is 426 g/mol. The number of aryl methyl sites for hydroxylation is 2. The summed E-state index contributed by atoms with van der Waals surface area (Å²) in [5.74, 6) is 0.791. The number of aromatic nitrogens is 1. The van der Waals surface area contributed by atoms with Crippen LogP contribution in [-0.4, -0.2) is 19.7 Å². The molecule has 1 saturated carbocycles. The fraction of sp³-hybridized carbons (Fsp3) is 0.348. The van der Waals surface area contributed by atoms with Gasteiger partial charge >= 0.3 is 0 Å². The van der Waals surface area contributed by atoms with Crippen LogP contribution in [0.3, 0.4) is 0 Å². The van der Waals surface area contributed by atoms with Crippen molar-refractivity contribution in [1.29, 1.82) is 0 Å². The highest BCUT2D eigenvalue weighted by Gasteiger charge is 2.26. The summed E-state index contributed by atoms with van der Waals surface area (Å²) in [5.41, 5.74) is 3.80. The molecule has 7 heteroatoms. The van der Waals surface area contributed by atoms with Gasteiger partial charge in [0.1, 0.15) is 5.76 Å². The van der Waals surface area contributed by atoms with Gasteiger partial charge in [0.05, 0.1) is 17.6 Å². The summed E-state index contributed by atoms with van der Waals surface area (Å²) in [6.45, 7) is 5.78. The van der Waals surface area contributed by atoms with Gasteiger partial charge < -0.3 is 9.26 Å². The fourth-order valence-electron chi connectivity index (χ4n) is 3.57. The molecule has 1 heterocycles. The molecule has 6 nitrogen and oxygen atoms in total. The molecular weight excluding hydrogens is 400 g/mol. The van der Waals surface area contributed by atoms with Gasteiger partial charge in [0.15, 0.2) is 5.82 Å². The van der Waals surface area contributed by atoms with E-state index in [1.54, 1.807) is 26.8 Å². The van der Waals surface area contributed by atoms with Crippen LogP contribution in [0.5, 0.6) is 0 Å². The van der Waals surface area contributed by atoms with Crippen molar-refractivity contribution in [3.8, 4) is 11.1 Å². The third-order valence-corrected chi connectivity index (χ3v) is 7.24. The maximum atomic E-state index is 13.4. The third kappa shape index (κ3) is 4.00. The van der Waals surface area contributed by atoms with Crippen molar-refractivity contribution in [1.82, 2.24) is 5.16 Å².